The van der Waals surface area contributed by atoms with E-state index in [1.807, 2.05) is 13.8 Å². The smallest absolute Gasteiger partial charge is 0.220 e. The van der Waals surface area contributed by atoms with Crippen molar-refractivity contribution in [2.24, 2.45) is 17.4 Å². The summed E-state index contributed by atoms with van der Waals surface area (Å²) in [5.41, 5.74) is 13.7. The van der Waals surface area contributed by atoms with Crippen LogP contribution in [0.15, 0.2) is 0 Å². The van der Waals surface area contributed by atoms with Crippen molar-refractivity contribution in [2.45, 2.75) is 26.7 Å². The molecule has 2 heterocycles. The first-order valence-electron chi connectivity index (χ1n) is 6.59. The van der Waals surface area contributed by atoms with E-state index in [4.69, 9.17) is 23.7 Å². The van der Waals surface area contributed by atoms with Gasteiger partial charge in [-0.15, -0.1) is 5.10 Å². The van der Waals surface area contributed by atoms with Gasteiger partial charge in [0.05, 0.1) is 11.3 Å². The molecule has 0 atom stereocenters. The third-order valence-corrected chi connectivity index (χ3v) is 4.08. The Morgan fingerprint density at radius 2 is 1.85 bits per heavy atom. The van der Waals surface area contributed by atoms with Crippen LogP contribution in [0, 0.1) is 19.8 Å². The standard InChI is InChI=1S/C13H19N5OS/c1-7-8(2)16-17-13(10(7)12(15)20)18-5-3-9(4-6-18)11(14)19/h9H,3-6H2,1-2H3,(H2,14,19)(H2,15,20). The molecule has 0 bridgehead atoms. The summed E-state index contributed by atoms with van der Waals surface area (Å²) in [6, 6.07) is 0. The number of amides is 1. The Kier molecular flexibility index (Phi) is 4.17. The third kappa shape index (κ3) is 2.72. The number of rotatable bonds is 3. The van der Waals surface area contributed by atoms with E-state index in [9.17, 15) is 4.79 Å². The summed E-state index contributed by atoms with van der Waals surface area (Å²) in [5, 5.41) is 8.40. The van der Waals surface area contributed by atoms with Gasteiger partial charge in [0.15, 0.2) is 5.82 Å². The molecule has 1 fully saturated rings. The lowest BCUT2D eigenvalue weighted by atomic mass is 9.96. The van der Waals surface area contributed by atoms with Crippen LogP contribution in [0.4, 0.5) is 5.82 Å². The molecule has 0 spiro atoms. The molecule has 4 N–H and O–H groups in total. The molecule has 0 aliphatic carbocycles. The Bertz CT molecular complexity index is 552. The second kappa shape index (κ2) is 5.70. The van der Waals surface area contributed by atoms with Crippen molar-refractivity contribution in [3.63, 3.8) is 0 Å². The predicted molar refractivity (Wildman–Crippen MR) is 81.5 cm³/mol. The summed E-state index contributed by atoms with van der Waals surface area (Å²) in [4.78, 5) is 13.6. The second-order valence-corrected chi connectivity index (χ2v) is 5.58. The number of piperidine rings is 1. The van der Waals surface area contributed by atoms with E-state index in [0.29, 0.717) is 23.9 Å². The molecule has 1 aromatic heterocycles. The molecule has 1 amide bonds. The minimum atomic E-state index is -0.231. The van der Waals surface area contributed by atoms with Gasteiger partial charge in [-0.2, -0.15) is 5.10 Å². The third-order valence-electron chi connectivity index (χ3n) is 3.88. The highest BCUT2D eigenvalue weighted by molar-refractivity contribution is 7.80. The molecule has 2 rings (SSSR count). The van der Waals surface area contributed by atoms with Crippen LogP contribution in [-0.4, -0.2) is 34.2 Å². The van der Waals surface area contributed by atoms with Crippen LogP contribution in [0.2, 0.25) is 0 Å². The lowest BCUT2D eigenvalue weighted by Crippen LogP contribution is -2.40. The number of anilines is 1. The van der Waals surface area contributed by atoms with E-state index in [1.54, 1.807) is 0 Å². The highest BCUT2D eigenvalue weighted by Crippen LogP contribution is 2.26. The van der Waals surface area contributed by atoms with Gasteiger partial charge in [-0.25, -0.2) is 0 Å². The van der Waals surface area contributed by atoms with E-state index in [-0.39, 0.29) is 11.8 Å². The first-order chi connectivity index (χ1) is 9.41. The number of hydrogen-bond donors (Lipinski definition) is 2. The molecular weight excluding hydrogens is 274 g/mol. The van der Waals surface area contributed by atoms with Crippen LogP contribution in [0.1, 0.15) is 29.7 Å². The quantitative estimate of drug-likeness (QED) is 0.784. The average Bonchev–Trinajstić information content (AvgIpc) is 2.41. The van der Waals surface area contributed by atoms with Crippen molar-refractivity contribution >= 4 is 28.9 Å². The molecule has 1 aliphatic rings. The van der Waals surface area contributed by atoms with Gasteiger partial charge < -0.3 is 16.4 Å². The van der Waals surface area contributed by atoms with Gasteiger partial charge in [0, 0.05) is 19.0 Å². The molecule has 1 saturated heterocycles. The molecule has 1 aliphatic heterocycles. The van der Waals surface area contributed by atoms with Gasteiger partial charge in [0.1, 0.15) is 4.99 Å². The van der Waals surface area contributed by atoms with Gasteiger partial charge in [-0.05, 0) is 32.3 Å². The topological polar surface area (TPSA) is 98.1 Å². The Labute approximate surface area is 123 Å². The van der Waals surface area contributed by atoms with Crippen LogP contribution in [0.3, 0.4) is 0 Å². The van der Waals surface area contributed by atoms with Gasteiger partial charge in [0.25, 0.3) is 0 Å². The molecule has 0 saturated carbocycles. The van der Waals surface area contributed by atoms with E-state index < -0.39 is 0 Å². The van der Waals surface area contributed by atoms with E-state index >= 15 is 0 Å². The number of carbonyl (C=O) groups excluding carboxylic acids is 1. The first-order valence-corrected chi connectivity index (χ1v) is 7.00. The second-order valence-electron chi connectivity index (χ2n) is 5.14. The number of primary amides is 1. The highest BCUT2D eigenvalue weighted by atomic mass is 32.1. The van der Waals surface area contributed by atoms with Crippen LogP contribution < -0.4 is 16.4 Å². The fourth-order valence-electron chi connectivity index (χ4n) is 2.49. The summed E-state index contributed by atoms with van der Waals surface area (Å²) in [6.07, 6.45) is 1.45. The number of nitrogens with zero attached hydrogens (tertiary/aromatic N) is 3. The average molecular weight is 293 g/mol. The lowest BCUT2D eigenvalue weighted by Gasteiger charge is -2.32. The molecule has 1 aromatic rings. The summed E-state index contributed by atoms with van der Waals surface area (Å²) in [5.74, 6) is 0.424. The molecule has 0 aromatic carbocycles. The maximum atomic E-state index is 11.2. The van der Waals surface area contributed by atoms with Gasteiger partial charge in [0.2, 0.25) is 5.91 Å². The molecule has 0 unspecified atom stereocenters. The fraction of sp³-hybridized carbons (Fsp3) is 0.538. The highest BCUT2D eigenvalue weighted by Gasteiger charge is 2.26. The minimum absolute atomic E-state index is 0.0565. The van der Waals surface area contributed by atoms with Gasteiger partial charge in [-0.3, -0.25) is 4.79 Å². The zero-order valence-corrected chi connectivity index (χ0v) is 12.5. The summed E-state index contributed by atoms with van der Waals surface area (Å²) in [7, 11) is 0. The number of aromatic nitrogens is 2. The SMILES string of the molecule is Cc1nnc(N2CCC(C(N)=O)CC2)c(C(N)=S)c1C. The Hall–Kier alpha value is -1.76. The summed E-state index contributed by atoms with van der Waals surface area (Å²) in [6.45, 7) is 5.24. The number of hydrogen-bond acceptors (Lipinski definition) is 5. The zero-order valence-electron chi connectivity index (χ0n) is 11.7. The lowest BCUT2D eigenvalue weighted by molar-refractivity contribution is -0.122. The minimum Gasteiger partial charge on any atom is -0.389 e. The zero-order chi connectivity index (χ0) is 14.9. The van der Waals surface area contributed by atoms with Crippen LogP contribution in [-0.2, 0) is 4.79 Å². The van der Waals surface area contributed by atoms with Crippen molar-refractivity contribution in [2.75, 3.05) is 18.0 Å². The molecule has 6 nitrogen and oxygen atoms in total. The number of carbonyl (C=O) groups is 1. The Morgan fingerprint density at radius 3 is 2.35 bits per heavy atom. The molecule has 0 radical (unpaired) electrons. The van der Waals surface area contributed by atoms with Crippen molar-refractivity contribution in [1.82, 2.24) is 10.2 Å². The molecule has 20 heavy (non-hydrogen) atoms. The van der Waals surface area contributed by atoms with Crippen molar-refractivity contribution in [3.05, 3.63) is 16.8 Å². The number of thiocarbonyl (C=S) groups is 1. The largest absolute Gasteiger partial charge is 0.389 e. The maximum Gasteiger partial charge on any atom is 0.220 e. The molecular formula is C13H19N5OS. The van der Waals surface area contributed by atoms with Crippen molar-refractivity contribution in [3.8, 4) is 0 Å². The van der Waals surface area contributed by atoms with Gasteiger partial charge >= 0.3 is 0 Å². The van der Waals surface area contributed by atoms with Crippen LogP contribution in [0.5, 0.6) is 0 Å². The van der Waals surface area contributed by atoms with Crippen molar-refractivity contribution < 1.29 is 4.79 Å². The van der Waals surface area contributed by atoms with E-state index in [2.05, 4.69) is 15.1 Å². The first kappa shape index (κ1) is 14.6. The maximum absolute atomic E-state index is 11.2. The monoisotopic (exact) mass is 293 g/mol. The van der Waals surface area contributed by atoms with E-state index in [1.165, 1.54) is 0 Å². The number of nitrogens with two attached hydrogens (primary N) is 2. The number of aryl methyl sites for hydroxylation is 1. The van der Waals surface area contributed by atoms with Crippen molar-refractivity contribution in [1.29, 1.82) is 0 Å². The Morgan fingerprint density at radius 1 is 1.25 bits per heavy atom. The van der Waals surface area contributed by atoms with Gasteiger partial charge in [-0.1, -0.05) is 12.2 Å². The van der Waals surface area contributed by atoms with Crippen LogP contribution >= 0.6 is 12.2 Å². The normalized spacial score (nSPS) is 16.2. The molecule has 7 heteroatoms. The summed E-state index contributed by atoms with van der Waals surface area (Å²) >= 11 is 5.14. The molecule has 108 valence electrons. The Balaban J connectivity index is 2.28. The van der Waals surface area contributed by atoms with Crippen LogP contribution in [0.25, 0.3) is 0 Å². The fourth-order valence-corrected chi connectivity index (χ4v) is 2.73. The summed E-state index contributed by atoms with van der Waals surface area (Å²) < 4.78 is 0. The van der Waals surface area contributed by atoms with E-state index in [0.717, 1.165) is 29.7 Å². The predicted octanol–water partition coefficient (Wildman–Crippen LogP) is 0.429.